The summed E-state index contributed by atoms with van der Waals surface area (Å²) in [7, 11) is 0. The van der Waals surface area contributed by atoms with Gasteiger partial charge in [-0.05, 0) is 48.6 Å². The van der Waals surface area contributed by atoms with E-state index in [1.165, 1.54) is 16.7 Å². The number of hydrogen-bond donors (Lipinski definition) is 1. The van der Waals surface area contributed by atoms with Crippen LogP contribution in [0.15, 0.2) is 60.8 Å². The Morgan fingerprint density at radius 3 is 2.58 bits per heavy atom. The number of aromatic nitrogens is 1. The second-order valence-electron chi connectivity index (χ2n) is 7.36. The van der Waals surface area contributed by atoms with Gasteiger partial charge in [0, 0.05) is 11.5 Å². The standard InChI is InChI=1S/C24H21BrClN3O2/c25-12-4-3-5-16-8-10-17(11-9-16)13-22(30)29-21-7-2-1-6-19(21)24(31)28-20-14-18(26)15-27-23(20)29/h1-2,6-11,14-15H,3-5,12-13H2,(H,28,31). The molecule has 2 heterocycles. The lowest BCUT2D eigenvalue weighted by molar-refractivity contribution is -0.117. The van der Waals surface area contributed by atoms with E-state index in [4.69, 9.17) is 11.6 Å². The second-order valence-corrected chi connectivity index (χ2v) is 8.59. The third kappa shape index (κ3) is 4.81. The first-order valence-electron chi connectivity index (χ1n) is 10.1. The van der Waals surface area contributed by atoms with E-state index in [9.17, 15) is 9.59 Å². The van der Waals surface area contributed by atoms with E-state index >= 15 is 0 Å². The van der Waals surface area contributed by atoms with Crippen molar-refractivity contribution in [2.45, 2.75) is 25.7 Å². The summed E-state index contributed by atoms with van der Waals surface area (Å²) in [6, 6.07) is 16.8. The number of pyridine rings is 1. The Morgan fingerprint density at radius 2 is 1.81 bits per heavy atom. The first-order chi connectivity index (χ1) is 15.1. The molecule has 0 spiro atoms. The molecule has 0 fully saturated rings. The van der Waals surface area contributed by atoms with Gasteiger partial charge in [-0.15, -0.1) is 0 Å². The van der Waals surface area contributed by atoms with E-state index in [0.717, 1.165) is 30.2 Å². The Bertz CT molecular complexity index is 1120. The number of fused-ring (bicyclic) bond motifs is 2. The van der Waals surface area contributed by atoms with Crippen LogP contribution in [-0.2, 0) is 17.6 Å². The van der Waals surface area contributed by atoms with Crippen LogP contribution in [0, 0.1) is 0 Å². The molecule has 0 saturated heterocycles. The maximum Gasteiger partial charge on any atom is 0.257 e. The number of amides is 2. The lowest BCUT2D eigenvalue weighted by Gasteiger charge is -2.23. The van der Waals surface area contributed by atoms with Gasteiger partial charge < -0.3 is 5.32 Å². The van der Waals surface area contributed by atoms with Crippen LogP contribution in [0.4, 0.5) is 17.2 Å². The van der Waals surface area contributed by atoms with E-state index < -0.39 is 0 Å². The molecule has 0 saturated carbocycles. The summed E-state index contributed by atoms with van der Waals surface area (Å²) in [5.74, 6) is -0.116. The van der Waals surface area contributed by atoms with Crippen LogP contribution in [0.3, 0.4) is 0 Å². The maximum atomic E-state index is 13.4. The van der Waals surface area contributed by atoms with Crippen molar-refractivity contribution in [1.82, 2.24) is 4.98 Å². The van der Waals surface area contributed by atoms with Gasteiger partial charge >= 0.3 is 0 Å². The minimum absolute atomic E-state index is 0.174. The van der Waals surface area contributed by atoms with Crippen molar-refractivity contribution < 1.29 is 9.59 Å². The van der Waals surface area contributed by atoms with E-state index in [1.54, 1.807) is 30.3 Å². The van der Waals surface area contributed by atoms with Gasteiger partial charge in [0.1, 0.15) is 0 Å². The largest absolute Gasteiger partial charge is 0.319 e. The number of alkyl halides is 1. The summed E-state index contributed by atoms with van der Waals surface area (Å²) in [4.78, 5) is 32.0. The number of hydrogen-bond acceptors (Lipinski definition) is 3. The maximum absolute atomic E-state index is 13.4. The predicted octanol–water partition coefficient (Wildman–Crippen LogP) is 5.93. The van der Waals surface area contributed by atoms with Crippen molar-refractivity contribution in [1.29, 1.82) is 0 Å². The molecule has 7 heteroatoms. The number of carbonyl (C=O) groups is 2. The molecule has 0 radical (unpaired) electrons. The predicted molar refractivity (Wildman–Crippen MR) is 128 cm³/mol. The summed E-state index contributed by atoms with van der Waals surface area (Å²) < 4.78 is 0. The Hall–Kier alpha value is -2.70. The number of aryl methyl sites for hydroxylation is 1. The Labute approximate surface area is 194 Å². The van der Waals surface area contributed by atoms with Crippen molar-refractivity contribution in [2.24, 2.45) is 0 Å². The second kappa shape index (κ2) is 9.62. The van der Waals surface area contributed by atoms with Gasteiger partial charge in [0.2, 0.25) is 5.91 Å². The van der Waals surface area contributed by atoms with Gasteiger partial charge in [-0.1, -0.05) is 63.9 Å². The molecule has 0 aliphatic carbocycles. The zero-order valence-corrected chi connectivity index (χ0v) is 19.1. The molecule has 0 unspecified atom stereocenters. The zero-order chi connectivity index (χ0) is 21.8. The molecular weight excluding hydrogens is 478 g/mol. The molecule has 0 bridgehead atoms. The number of nitrogens with zero attached hydrogens (tertiary/aromatic N) is 2. The molecule has 1 N–H and O–H groups in total. The van der Waals surface area contributed by atoms with Gasteiger partial charge in [-0.3, -0.25) is 14.5 Å². The Morgan fingerprint density at radius 1 is 1.06 bits per heavy atom. The summed E-state index contributed by atoms with van der Waals surface area (Å²) in [6.07, 6.45) is 4.94. The third-order valence-electron chi connectivity index (χ3n) is 5.16. The molecule has 3 aromatic rings. The molecule has 1 aliphatic heterocycles. The molecule has 5 nitrogen and oxygen atoms in total. The zero-order valence-electron chi connectivity index (χ0n) is 16.8. The van der Waals surface area contributed by atoms with Gasteiger partial charge in [-0.2, -0.15) is 0 Å². The average molecular weight is 499 g/mol. The van der Waals surface area contributed by atoms with E-state index in [-0.39, 0.29) is 18.2 Å². The lowest BCUT2D eigenvalue weighted by Crippen LogP contribution is -2.29. The fourth-order valence-corrected chi connectivity index (χ4v) is 4.17. The molecule has 1 aromatic heterocycles. The fraction of sp³-hybridized carbons (Fsp3) is 0.208. The van der Waals surface area contributed by atoms with Crippen LogP contribution in [0.1, 0.15) is 34.3 Å². The first-order valence-corrected chi connectivity index (χ1v) is 11.6. The van der Waals surface area contributed by atoms with Gasteiger partial charge in [0.05, 0.1) is 28.4 Å². The van der Waals surface area contributed by atoms with Crippen molar-refractivity contribution in [3.05, 3.63) is 82.5 Å². The number of rotatable bonds is 6. The number of carbonyl (C=O) groups excluding carboxylic acids is 2. The summed E-state index contributed by atoms with van der Waals surface area (Å²) >= 11 is 9.54. The molecule has 0 atom stereocenters. The molecule has 31 heavy (non-hydrogen) atoms. The Kier molecular flexibility index (Phi) is 6.68. The summed E-state index contributed by atoms with van der Waals surface area (Å²) in [5.41, 5.74) is 3.49. The number of unbranched alkanes of at least 4 members (excludes halogenated alkanes) is 1. The lowest BCUT2D eigenvalue weighted by atomic mass is 10.0. The highest BCUT2D eigenvalue weighted by Gasteiger charge is 2.30. The number of anilines is 3. The van der Waals surface area contributed by atoms with Crippen molar-refractivity contribution >= 4 is 56.5 Å². The van der Waals surface area contributed by atoms with E-state index in [1.807, 2.05) is 12.1 Å². The van der Waals surface area contributed by atoms with Gasteiger partial charge in [-0.25, -0.2) is 4.98 Å². The minimum atomic E-state index is -0.302. The van der Waals surface area contributed by atoms with Crippen molar-refractivity contribution in [2.75, 3.05) is 15.5 Å². The fourth-order valence-electron chi connectivity index (χ4n) is 3.62. The highest BCUT2D eigenvalue weighted by atomic mass is 79.9. The van der Waals surface area contributed by atoms with E-state index in [0.29, 0.717) is 27.8 Å². The van der Waals surface area contributed by atoms with Gasteiger partial charge in [0.15, 0.2) is 5.82 Å². The highest BCUT2D eigenvalue weighted by molar-refractivity contribution is 9.09. The third-order valence-corrected chi connectivity index (χ3v) is 5.93. The van der Waals surface area contributed by atoms with Crippen molar-refractivity contribution in [3.63, 3.8) is 0 Å². The SMILES string of the molecule is O=C1Nc2cc(Cl)cnc2N(C(=O)Cc2ccc(CCCCBr)cc2)c2ccccc21. The smallest absolute Gasteiger partial charge is 0.257 e. The summed E-state index contributed by atoms with van der Waals surface area (Å²) in [6.45, 7) is 0. The van der Waals surface area contributed by atoms with Crippen LogP contribution in [0.25, 0.3) is 0 Å². The summed E-state index contributed by atoms with van der Waals surface area (Å²) in [5, 5.41) is 4.21. The van der Waals surface area contributed by atoms with Crippen LogP contribution < -0.4 is 10.2 Å². The molecule has 4 rings (SSSR count). The van der Waals surface area contributed by atoms with E-state index in [2.05, 4.69) is 38.4 Å². The molecule has 158 valence electrons. The molecule has 2 amide bonds. The number of benzene rings is 2. The number of para-hydroxylation sites is 1. The van der Waals surface area contributed by atoms with Crippen LogP contribution in [-0.4, -0.2) is 22.1 Å². The number of halogens is 2. The normalized spacial score (nSPS) is 12.6. The minimum Gasteiger partial charge on any atom is -0.319 e. The Balaban J connectivity index is 1.64. The monoisotopic (exact) mass is 497 g/mol. The van der Waals surface area contributed by atoms with Crippen LogP contribution >= 0.6 is 27.5 Å². The highest BCUT2D eigenvalue weighted by Crippen LogP contribution is 2.37. The van der Waals surface area contributed by atoms with Crippen LogP contribution in [0.2, 0.25) is 5.02 Å². The van der Waals surface area contributed by atoms with Crippen molar-refractivity contribution in [3.8, 4) is 0 Å². The van der Waals surface area contributed by atoms with Crippen LogP contribution in [0.5, 0.6) is 0 Å². The quantitative estimate of drug-likeness (QED) is 0.339. The first kappa shape index (κ1) is 21.5. The van der Waals surface area contributed by atoms with Gasteiger partial charge in [0.25, 0.3) is 5.91 Å². The molecule has 2 aromatic carbocycles. The number of nitrogens with one attached hydrogen (secondary N) is 1. The molecule has 1 aliphatic rings. The molecular formula is C24H21BrClN3O2. The topological polar surface area (TPSA) is 62.3 Å². The average Bonchev–Trinajstić information content (AvgIpc) is 2.89.